The van der Waals surface area contributed by atoms with Crippen LogP contribution >= 0.6 is 0 Å². The van der Waals surface area contributed by atoms with E-state index in [1.165, 1.54) is 24.0 Å². The molecule has 1 aliphatic carbocycles. The molecule has 116 valence electrons. The van der Waals surface area contributed by atoms with Crippen LogP contribution in [0.15, 0.2) is 72.8 Å². The molecule has 1 saturated heterocycles. The first kappa shape index (κ1) is 14.5. The Labute approximate surface area is 138 Å². The van der Waals surface area contributed by atoms with Crippen molar-refractivity contribution < 1.29 is 4.74 Å². The third-order valence-electron chi connectivity index (χ3n) is 5.07. The molecule has 0 bridgehead atoms. The molecule has 1 nitrogen and oxygen atoms in total. The molecule has 0 unspecified atom stereocenters. The third kappa shape index (κ3) is 2.77. The van der Waals surface area contributed by atoms with Gasteiger partial charge in [0.2, 0.25) is 0 Å². The normalized spacial score (nSPS) is 29.7. The predicted molar refractivity (Wildman–Crippen MR) is 96.0 cm³/mol. The zero-order valence-corrected chi connectivity index (χ0v) is 13.3. The lowest BCUT2D eigenvalue weighted by Crippen LogP contribution is -2.26. The van der Waals surface area contributed by atoms with Gasteiger partial charge >= 0.3 is 0 Å². The molecule has 4 rings (SSSR count). The molecule has 2 aromatic rings. The van der Waals surface area contributed by atoms with Gasteiger partial charge in [-0.05, 0) is 49.0 Å². The van der Waals surface area contributed by atoms with Gasteiger partial charge in [-0.1, -0.05) is 72.8 Å². The maximum atomic E-state index is 6.32. The maximum absolute atomic E-state index is 6.32. The van der Waals surface area contributed by atoms with Crippen LogP contribution in [0, 0.1) is 0 Å². The van der Waals surface area contributed by atoms with Gasteiger partial charge < -0.3 is 4.74 Å². The zero-order chi connectivity index (χ0) is 15.6. The Bertz CT molecular complexity index is 653. The van der Waals surface area contributed by atoms with E-state index in [1.54, 1.807) is 0 Å². The van der Waals surface area contributed by atoms with Crippen LogP contribution in [0.2, 0.25) is 0 Å². The van der Waals surface area contributed by atoms with Crippen molar-refractivity contribution in [3.63, 3.8) is 0 Å². The molecule has 2 aliphatic rings. The van der Waals surface area contributed by atoms with E-state index >= 15 is 0 Å². The van der Waals surface area contributed by atoms with E-state index in [0.717, 1.165) is 12.8 Å². The summed E-state index contributed by atoms with van der Waals surface area (Å²) in [5.74, 6) is 0. The smallest absolute Gasteiger partial charge is 0.120 e. The first-order chi connectivity index (χ1) is 11.3. The van der Waals surface area contributed by atoms with E-state index in [1.807, 2.05) is 0 Å². The van der Waals surface area contributed by atoms with Crippen molar-refractivity contribution in [3.8, 4) is 0 Å². The summed E-state index contributed by atoms with van der Waals surface area (Å²) in [6, 6.07) is 21.0. The highest BCUT2D eigenvalue weighted by Crippen LogP contribution is 2.59. The van der Waals surface area contributed by atoms with Crippen molar-refractivity contribution in [2.45, 2.75) is 36.9 Å². The molecule has 1 heteroatoms. The molecule has 0 spiro atoms. The van der Waals surface area contributed by atoms with Crippen LogP contribution in [0.1, 0.15) is 36.8 Å². The van der Waals surface area contributed by atoms with Gasteiger partial charge in [-0.25, -0.2) is 0 Å². The first-order valence-corrected chi connectivity index (χ1v) is 8.51. The largest absolute Gasteiger partial charge is 0.354 e. The SMILES string of the molecule is C(=C\[C@@]12CCCC[C@]1(/C=C/c1ccccc1)O2)/c1ccccc1. The summed E-state index contributed by atoms with van der Waals surface area (Å²) in [6.07, 6.45) is 13.7. The van der Waals surface area contributed by atoms with Gasteiger partial charge in [-0.3, -0.25) is 0 Å². The fraction of sp³-hybridized carbons (Fsp3) is 0.273. The molecule has 2 atom stereocenters. The van der Waals surface area contributed by atoms with Gasteiger partial charge in [0.25, 0.3) is 0 Å². The third-order valence-corrected chi connectivity index (χ3v) is 5.07. The molecule has 1 saturated carbocycles. The Balaban J connectivity index is 1.56. The molecule has 1 heterocycles. The topological polar surface area (TPSA) is 12.5 Å². The van der Waals surface area contributed by atoms with E-state index in [-0.39, 0.29) is 11.2 Å². The minimum Gasteiger partial charge on any atom is -0.354 e. The van der Waals surface area contributed by atoms with Crippen molar-refractivity contribution in [1.29, 1.82) is 0 Å². The molecule has 0 aromatic heterocycles. The van der Waals surface area contributed by atoms with Gasteiger partial charge in [0, 0.05) is 0 Å². The van der Waals surface area contributed by atoms with Crippen LogP contribution in [-0.4, -0.2) is 11.2 Å². The van der Waals surface area contributed by atoms with E-state index < -0.39 is 0 Å². The summed E-state index contributed by atoms with van der Waals surface area (Å²) in [4.78, 5) is 0. The standard InChI is InChI=1S/C22H22O/c1-3-9-19(10-4-1)13-17-21-15-7-8-16-22(21,23-21)18-14-20-11-5-2-6-12-20/h1-6,9-14,17-18H,7-8,15-16H2/b17-13+,18-14+/t21-,22+. The van der Waals surface area contributed by atoms with Crippen molar-refractivity contribution in [3.05, 3.63) is 83.9 Å². The van der Waals surface area contributed by atoms with E-state index in [4.69, 9.17) is 4.74 Å². The fourth-order valence-electron chi connectivity index (χ4n) is 3.71. The molecule has 0 N–H and O–H groups in total. The molecular formula is C22H22O. The molecule has 23 heavy (non-hydrogen) atoms. The summed E-state index contributed by atoms with van der Waals surface area (Å²) in [6.45, 7) is 0. The number of hydrogen-bond acceptors (Lipinski definition) is 1. The minimum atomic E-state index is -0.0909. The van der Waals surface area contributed by atoms with Gasteiger partial charge in [-0.15, -0.1) is 0 Å². The number of benzene rings is 2. The number of ether oxygens (including phenoxy) is 1. The molecule has 2 aromatic carbocycles. The lowest BCUT2D eigenvalue weighted by atomic mass is 9.78. The van der Waals surface area contributed by atoms with Gasteiger partial charge in [0.05, 0.1) is 0 Å². The summed E-state index contributed by atoms with van der Waals surface area (Å²) >= 11 is 0. The second-order valence-electron chi connectivity index (χ2n) is 6.58. The Kier molecular flexibility index (Phi) is 3.66. The van der Waals surface area contributed by atoms with Crippen LogP contribution in [0.3, 0.4) is 0 Å². The summed E-state index contributed by atoms with van der Waals surface area (Å²) < 4.78 is 6.32. The maximum Gasteiger partial charge on any atom is 0.120 e. The highest BCUT2D eigenvalue weighted by Gasteiger charge is 2.67. The molecule has 2 fully saturated rings. The Morgan fingerprint density at radius 1 is 0.652 bits per heavy atom. The van der Waals surface area contributed by atoms with Crippen LogP contribution in [0.5, 0.6) is 0 Å². The second-order valence-corrected chi connectivity index (χ2v) is 6.58. The highest BCUT2D eigenvalue weighted by atomic mass is 16.6. The van der Waals surface area contributed by atoms with E-state index in [2.05, 4.69) is 85.0 Å². The van der Waals surface area contributed by atoms with Gasteiger partial charge in [0.15, 0.2) is 0 Å². The first-order valence-electron chi connectivity index (χ1n) is 8.51. The number of rotatable bonds is 4. The molecule has 0 amide bonds. The Hall–Kier alpha value is -2.12. The zero-order valence-electron chi connectivity index (χ0n) is 13.3. The predicted octanol–water partition coefficient (Wildman–Crippen LogP) is 5.50. The molecular weight excluding hydrogens is 280 g/mol. The number of hydrogen-bond donors (Lipinski definition) is 0. The van der Waals surface area contributed by atoms with E-state index in [9.17, 15) is 0 Å². The van der Waals surface area contributed by atoms with Gasteiger partial charge in [0.1, 0.15) is 11.2 Å². The quantitative estimate of drug-likeness (QED) is 0.680. The van der Waals surface area contributed by atoms with Crippen LogP contribution in [0.4, 0.5) is 0 Å². The number of fused-ring (bicyclic) bond motifs is 1. The average Bonchev–Trinajstić information content (AvgIpc) is 3.30. The minimum absolute atomic E-state index is 0.0909. The summed E-state index contributed by atoms with van der Waals surface area (Å²) in [5, 5.41) is 0. The fourth-order valence-corrected chi connectivity index (χ4v) is 3.71. The van der Waals surface area contributed by atoms with Crippen LogP contribution in [-0.2, 0) is 4.74 Å². The Morgan fingerprint density at radius 3 is 1.52 bits per heavy atom. The highest BCUT2D eigenvalue weighted by molar-refractivity contribution is 5.57. The monoisotopic (exact) mass is 302 g/mol. The van der Waals surface area contributed by atoms with E-state index in [0.29, 0.717) is 0 Å². The van der Waals surface area contributed by atoms with Crippen molar-refractivity contribution in [2.24, 2.45) is 0 Å². The average molecular weight is 302 g/mol. The lowest BCUT2D eigenvalue weighted by molar-refractivity contribution is 0.307. The van der Waals surface area contributed by atoms with Crippen LogP contribution < -0.4 is 0 Å². The van der Waals surface area contributed by atoms with Gasteiger partial charge in [-0.2, -0.15) is 0 Å². The Morgan fingerprint density at radius 2 is 1.09 bits per heavy atom. The number of epoxide rings is 1. The molecule has 0 radical (unpaired) electrons. The lowest BCUT2D eigenvalue weighted by Gasteiger charge is -2.20. The van der Waals surface area contributed by atoms with Crippen molar-refractivity contribution in [2.75, 3.05) is 0 Å². The summed E-state index contributed by atoms with van der Waals surface area (Å²) in [7, 11) is 0. The van der Waals surface area contributed by atoms with Crippen LogP contribution in [0.25, 0.3) is 12.2 Å². The summed E-state index contributed by atoms with van der Waals surface area (Å²) in [5.41, 5.74) is 2.30. The van der Waals surface area contributed by atoms with Crippen molar-refractivity contribution >= 4 is 12.2 Å². The second kappa shape index (κ2) is 5.82. The molecule has 1 aliphatic heterocycles. The van der Waals surface area contributed by atoms with Crippen molar-refractivity contribution in [1.82, 2.24) is 0 Å².